The second kappa shape index (κ2) is 5.20. The molecule has 2 rings (SSSR count). The molecule has 1 fully saturated rings. The summed E-state index contributed by atoms with van der Waals surface area (Å²) in [6, 6.07) is 0. The third-order valence-electron chi connectivity index (χ3n) is 2.41. The quantitative estimate of drug-likeness (QED) is 0.687. The third-order valence-corrected chi connectivity index (χ3v) is 2.41. The Balaban J connectivity index is 1.93. The van der Waals surface area contributed by atoms with E-state index in [0.717, 1.165) is 38.4 Å². The van der Waals surface area contributed by atoms with E-state index in [1.807, 2.05) is 10.9 Å². The number of hydrogen-bond donors (Lipinski definition) is 2. The normalized spacial score (nSPS) is 21.8. The van der Waals surface area contributed by atoms with Crippen LogP contribution in [-0.4, -0.2) is 41.2 Å². The lowest BCUT2D eigenvalue weighted by atomic mass is 10.2. The van der Waals surface area contributed by atoms with Gasteiger partial charge < -0.3 is 15.8 Å². The molecule has 15 heavy (non-hydrogen) atoms. The number of aryl methyl sites for hydroxylation is 1. The van der Waals surface area contributed by atoms with Gasteiger partial charge in [0, 0.05) is 19.6 Å². The first-order valence-corrected chi connectivity index (χ1v) is 5.32. The summed E-state index contributed by atoms with van der Waals surface area (Å²) in [5, 5.41) is 11.4. The van der Waals surface area contributed by atoms with Crippen molar-refractivity contribution in [2.75, 3.05) is 26.2 Å². The second-order valence-corrected chi connectivity index (χ2v) is 3.61. The van der Waals surface area contributed by atoms with Gasteiger partial charge in [-0.2, -0.15) is 0 Å². The molecule has 6 nitrogen and oxygen atoms in total. The smallest absolute Gasteiger partial charge is 0.115 e. The summed E-state index contributed by atoms with van der Waals surface area (Å²) in [6.07, 6.45) is 2.91. The van der Waals surface area contributed by atoms with E-state index in [-0.39, 0.29) is 6.10 Å². The Morgan fingerprint density at radius 2 is 2.60 bits per heavy atom. The van der Waals surface area contributed by atoms with Crippen molar-refractivity contribution in [3.8, 4) is 0 Å². The zero-order valence-corrected chi connectivity index (χ0v) is 8.72. The number of ether oxygens (including phenoxy) is 1. The molecular formula is C9H17N5O. The molecule has 0 aromatic carbocycles. The highest BCUT2D eigenvalue weighted by molar-refractivity contribution is 4.99. The average Bonchev–Trinajstić information content (AvgIpc) is 2.76. The molecule has 0 bridgehead atoms. The molecule has 2 heterocycles. The van der Waals surface area contributed by atoms with Crippen molar-refractivity contribution in [2.45, 2.75) is 19.1 Å². The van der Waals surface area contributed by atoms with Crippen molar-refractivity contribution >= 4 is 0 Å². The van der Waals surface area contributed by atoms with Crippen LogP contribution in [0.3, 0.4) is 0 Å². The number of hydrogen-bond acceptors (Lipinski definition) is 5. The Hall–Kier alpha value is -0.980. The molecule has 1 aromatic rings. The van der Waals surface area contributed by atoms with E-state index >= 15 is 0 Å². The van der Waals surface area contributed by atoms with Crippen LogP contribution in [0.2, 0.25) is 0 Å². The van der Waals surface area contributed by atoms with E-state index in [0.29, 0.717) is 6.54 Å². The Morgan fingerprint density at radius 3 is 3.33 bits per heavy atom. The van der Waals surface area contributed by atoms with Crippen molar-refractivity contribution in [3.05, 3.63) is 11.9 Å². The predicted octanol–water partition coefficient (Wildman–Crippen LogP) is -0.712. The Labute approximate surface area is 88.8 Å². The summed E-state index contributed by atoms with van der Waals surface area (Å²) in [4.78, 5) is 0. The lowest BCUT2D eigenvalue weighted by Gasteiger charge is -2.21. The van der Waals surface area contributed by atoms with Gasteiger partial charge in [-0.1, -0.05) is 5.21 Å². The topological polar surface area (TPSA) is 78.0 Å². The maximum absolute atomic E-state index is 5.58. The van der Waals surface area contributed by atoms with Gasteiger partial charge in [0.1, 0.15) is 11.8 Å². The molecule has 3 N–H and O–H groups in total. The fraction of sp³-hybridized carbons (Fsp3) is 0.778. The van der Waals surface area contributed by atoms with E-state index in [4.69, 9.17) is 10.5 Å². The van der Waals surface area contributed by atoms with E-state index in [1.165, 1.54) is 0 Å². The average molecular weight is 211 g/mol. The summed E-state index contributed by atoms with van der Waals surface area (Å²) in [5.74, 6) is 0. The minimum Gasteiger partial charge on any atom is -0.369 e. The highest BCUT2D eigenvalue weighted by Gasteiger charge is 2.18. The lowest BCUT2D eigenvalue weighted by Crippen LogP contribution is -2.33. The van der Waals surface area contributed by atoms with Crippen LogP contribution in [0.25, 0.3) is 0 Å². The molecule has 84 valence electrons. The largest absolute Gasteiger partial charge is 0.369 e. The highest BCUT2D eigenvalue weighted by atomic mass is 16.5. The van der Waals surface area contributed by atoms with E-state index in [2.05, 4.69) is 15.6 Å². The summed E-state index contributed by atoms with van der Waals surface area (Å²) in [6.45, 7) is 3.97. The number of morpholine rings is 1. The molecule has 0 spiro atoms. The molecule has 0 radical (unpaired) electrons. The van der Waals surface area contributed by atoms with Gasteiger partial charge >= 0.3 is 0 Å². The van der Waals surface area contributed by atoms with Gasteiger partial charge in [-0.25, -0.2) is 0 Å². The summed E-state index contributed by atoms with van der Waals surface area (Å²) in [7, 11) is 0. The van der Waals surface area contributed by atoms with E-state index in [1.54, 1.807) is 0 Å². The number of aromatic nitrogens is 3. The van der Waals surface area contributed by atoms with Crippen LogP contribution >= 0.6 is 0 Å². The first-order chi connectivity index (χ1) is 7.40. The fourth-order valence-electron chi connectivity index (χ4n) is 1.58. The first-order valence-electron chi connectivity index (χ1n) is 5.32. The second-order valence-electron chi connectivity index (χ2n) is 3.61. The van der Waals surface area contributed by atoms with Crippen LogP contribution in [0.1, 0.15) is 18.2 Å². The van der Waals surface area contributed by atoms with Crippen molar-refractivity contribution < 1.29 is 4.74 Å². The Bertz CT molecular complexity index is 294. The van der Waals surface area contributed by atoms with Crippen molar-refractivity contribution in [3.63, 3.8) is 0 Å². The van der Waals surface area contributed by atoms with Crippen LogP contribution in [0.15, 0.2) is 6.20 Å². The molecule has 1 unspecified atom stereocenters. The molecule has 1 atom stereocenters. The van der Waals surface area contributed by atoms with Gasteiger partial charge in [0.25, 0.3) is 0 Å². The van der Waals surface area contributed by atoms with Gasteiger partial charge in [0.2, 0.25) is 0 Å². The SMILES string of the molecule is NCCCn1cc(C2CNCCO2)nn1. The molecule has 1 saturated heterocycles. The summed E-state index contributed by atoms with van der Waals surface area (Å²) in [5.41, 5.74) is 6.33. The number of rotatable bonds is 4. The van der Waals surface area contributed by atoms with E-state index in [9.17, 15) is 0 Å². The molecule has 0 aliphatic carbocycles. The van der Waals surface area contributed by atoms with Gasteiger partial charge in [-0.15, -0.1) is 5.10 Å². The molecule has 1 aromatic heterocycles. The third kappa shape index (κ3) is 2.74. The number of nitrogens with zero attached hydrogens (tertiary/aromatic N) is 3. The minimum absolute atomic E-state index is 0.0466. The lowest BCUT2D eigenvalue weighted by molar-refractivity contribution is 0.0249. The van der Waals surface area contributed by atoms with Crippen molar-refractivity contribution in [1.82, 2.24) is 20.3 Å². The number of nitrogens with two attached hydrogens (primary N) is 1. The van der Waals surface area contributed by atoms with Crippen LogP contribution in [0, 0.1) is 0 Å². The molecule has 0 amide bonds. The first kappa shape index (κ1) is 10.5. The fourth-order valence-corrected chi connectivity index (χ4v) is 1.58. The Kier molecular flexibility index (Phi) is 3.65. The predicted molar refractivity (Wildman–Crippen MR) is 55.3 cm³/mol. The van der Waals surface area contributed by atoms with Crippen LogP contribution < -0.4 is 11.1 Å². The highest BCUT2D eigenvalue weighted by Crippen LogP contribution is 2.15. The molecule has 0 saturated carbocycles. The van der Waals surface area contributed by atoms with Gasteiger partial charge in [0.15, 0.2) is 0 Å². The van der Waals surface area contributed by atoms with Gasteiger partial charge in [-0.05, 0) is 13.0 Å². The maximum atomic E-state index is 5.58. The molecule has 1 aliphatic heterocycles. The van der Waals surface area contributed by atoms with Crippen LogP contribution in [0.4, 0.5) is 0 Å². The van der Waals surface area contributed by atoms with E-state index < -0.39 is 0 Å². The molecular weight excluding hydrogens is 194 g/mol. The summed E-state index contributed by atoms with van der Waals surface area (Å²) < 4.78 is 7.40. The number of nitrogens with one attached hydrogen (secondary N) is 1. The monoisotopic (exact) mass is 211 g/mol. The minimum atomic E-state index is 0.0466. The van der Waals surface area contributed by atoms with Crippen LogP contribution in [-0.2, 0) is 11.3 Å². The molecule has 6 heteroatoms. The van der Waals surface area contributed by atoms with Crippen LogP contribution in [0.5, 0.6) is 0 Å². The zero-order valence-electron chi connectivity index (χ0n) is 8.72. The molecule has 1 aliphatic rings. The Morgan fingerprint density at radius 1 is 1.67 bits per heavy atom. The van der Waals surface area contributed by atoms with Gasteiger partial charge in [-0.3, -0.25) is 4.68 Å². The van der Waals surface area contributed by atoms with Gasteiger partial charge in [0.05, 0.1) is 12.8 Å². The zero-order chi connectivity index (χ0) is 10.5. The van der Waals surface area contributed by atoms with Crippen molar-refractivity contribution in [1.29, 1.82) is 0 Å². The summed E-state index contributed by atoms with van der Waals surface area (Å²) >= 11 is 0. The maximum Gasteiger partial charge on any atom is 0.115 e. The van der Waals surface area contributed by atoms with Crippen molar-refractivity contribution in [2.24, 2.45) is 5.73 Å². The standard InChI is InChI=1S/C9H17N5O/c10-2-1-4-14-7-8(12-13-14)9-6-11-3-5-15-9/h7,9,11H,1-6,10H2.